The number of hydrogen-bond acceptors (Lipinski definition) is 3. The summed E-state index contributed by atoms with van der Waals surface area (Å²) in [4.78, 5) is 0. The zero-order valence-electron chi connectivity index (χ0n) is 10.0. The van der Waals surface area contributed by atoms with Crippen molar-refractivity contribution in [2.45, 2.75) is 0 Å². The van der Waals surface area contributed by atoms with Gasteiger partial charge in [0.1, 0.15) is 6.61 Å². The lowest BCUT2D eigenvalue weighted by atomic mass is 10.2. The van der Waals surface area contributed by atoms with Crippen molar-refractivity contribution in [1.82, 2.24) is 5.32 Å². The Kier molecular flexibility index (Phi) is 5.97. The number of methoxy groups -OCH3 is 1. The molecule has 0 aliphatic rings. The molecule has 0 amide bonds. The van der Waals surface area contributed by atoms with Crippen LogP contribution in [0.25, 0.3) is 0 Å². The third kappa shape index (κ3) is 3.77. The van der Waals surface area contributed by atoms with E-state index in [-0.39, 0.29) is 13.2 Å². The van der Waals surface area contributed by atoms with Crippen molar-refractivity contribution >= 4 is 0 Å². The summed E-state index contributed by atoms with van der Waals surface area (Å²) in [5, 5.41) is 2.78. The molecule has 0 aromatic heterocycles. The Morgan fingerprint density at radius 1 is 0.789 bits per heavy atom. The second-order valence-corrected chi connectivity index (χ2v) is 3.49. The fourth-order valence-electron chi connectivity index (χ4n) is 1.24. The molecule has 0 aliphatic carbocycles. The van der Waals surface area contributed by atoms with E-state index >= 15 is 0 Å². The van der Waals surface area contributed by atoms with Crippen molar-refractivity contribution in [3.63, 3.8) is 0 Å². The van der Waals surface area contributed by atoms with Crippen molar-refractivity contribution in [3.05, 3.63) is 29.1 Å². The number of rotatable bonds is 7. The van der Waals surface area contributed by atoms with Crippen LogP contribution in [0, 0.1) is 29.1 Å². The molecule has 8 heteroatoms. The first-order valence-corrected chi connectivity index (χ1v) is 5.34. The first kappa shape index (κ1) is 15.6. The molecule has 1 N–H and O–H groups in total. The summed E-state index contributed by atoms with van der Waals surface area (Å²) in [5.74, 6) is -11.5. The minimum absolute atomic E-state index is 0.169. The van der Waals surface area contributed by atoms with Crippen LogP contribution < -0.4 is 10.1 Å². The van der Waals surface area contributed by atoms with Crippen molar-refractivity contribution in [1.29, 1.82) is 0 Å². The Bertz CT molecular complexity index is 413. The Morgan fingerprint density at radius 3 is 1.79 bits per heavy atom. The monoisotopic (exact) mass is 285 g/mol. The van der Waals surface area contributed by atoms with E-state index in [4.69, 9.17) is 4.74 Å². The Morgan fingerprint density at radius 2 is 1.26 bits per heavy atom. The van der Waals surface area contributed by atoms with Gasteiger partial charge >= 0.3 is 0 Å². The van der Waals surface area contributed by atoms with Crippen molar-refractivity contribution in [2.75, 3.05) is 33.4 Å². The van der Waals surface area contributed by atoms with Crippen LogP contribution in [0.1, 0.15) is 0 Å². The van der Waals surface area contributed by atoms with E-state index in [0.29, 0.717) is 13.2 Å². The zero-order valence-corrected chi connectivity index (χ0v) is 10.0. The number of ether oxygens (including phenoxy) is 2. The summed E-state index contributed by atoms with van der Waals surface area (Å²) >= 11 is 0. The lowest BCUT2D eigenvalue weighted by molar-refractivity contribution is 0.195. The van der Waals surface area contributed by atoms with Crippen molar-refractivity contribution < 1.29 is 31.4 Å². The van der Waals surface area contributed by atoms with Gasteiger partial charge in [-0.3, -0.25) is 0 Å². The summed E-state index contributed by atoms with van der Waals surface area (Å²) < 4.78 is 73.9. The quantitative estimate of drug-likeness (QED) is 0.360. The molecule has 1 rings (SSSR count). The lowest BCUT2D eigenvalue weighted by Crippen LogP contribution is -2.25. The van der Waals surface area contributed by atoms with Gasteiger partial charge in [0.2, 0.25) is 29.1 Å². The first-order valence-electron chi connectivity index (χ1n) is 5.34. The largest absolute Gasteiger partial charge is 0.486 e. The lowest BCUT2D eigenvalue weighted by Gasteiger charge is -2.10. The van der Waals surface area contributed by atoms with Crippen LogP contribution >= 0.6 is 0 Å². The Balaban J connectivity index is 2.64. The van der Waals surface area contributed by atoms with Crippen LogP contribution in [0.4, 0.5) is 22.0 Å². The maximum absolute atomic E-state index is 13.1. The molecule has 0 fully saturated rings. The van der Waals surface area contributed by atoms with Gasteiger partial charge in [0, 0.05) is 20.2 Å². The predicted molar refractivity (Wildman–Crippen MR) is 56.5 cm³/mol. The van der Waals surface area contributed by atoms with E-state index < -0.39 is 34.8 Å². The molecule has 0 saturated carbocycles. The van der Waals surface area contributed by atoms with Crippen LogP contribution in [0.2, 0.25) is 0 Å². The van der Waals surface area contributed by atoms with Gasteiger partial charge in [0.15, 0.2) is 5.75 Å². The van der Waals surface area contributed by atoms with Gasteiger partial charge in [-0.2, -0.15) is 8.78 Å². The average Bonchev–Trinajstić information content (AvgIpc) is 2.41. The van der Waals surface area contributed by atoms with Gasteiger partial charge in [-0.1, -0.05) is 0 Å². The summed E-state index contributed by atoms with van der Waals surface area (Å²) in [7, 11) is 1.49. The van der Waals surface area contributed by atoms with Crippen molar-refractivity contribution in [2.24, 2.45) is 0 Å². The Labute approximate surface area is 106 Å². The molecule has 1 aromatic rings. The van der Waals surface area contributed by atoms with Gasteiger partial charge in [-0.15, -0.1) is 0 Å². The molecule has 0 saturated heterocycles. The summed E-state index contributed by atoms with van der Waals surface area (Å²) in [5.41, 5.74) is 0. The highest BCUT2D eigenvalue weighted by molar-refractivity contribution is 5.29. The van der Waals surface area contributed by atoms with Gasteiger partial charge in [-0.05, 0) is 0 Å². The molecule has 0 bridgehead atoms. The second-order valence-electron chi connectivity index (χ2n) is 3.49. The molecule has 19 heavy (non-hydrogen) atoms. The average molecular weight is 285 g/mol. The summed E-state index contributed by atoms with van der Waals surface area (Å²) in [6.45, 7) is 0.810. The van der Waals surface area contributed by atoms with Gasteiger partial charge in [0.25, 0.3) is 0 Å². The predicted octanol–water partition coefficient (Wildman–Crippen LogP) is 2.00. The summed E-state index contributed by atoms with van der Waals surface area (Å²) in [6, 6.07) is 0. The summed E-state index contributed by atoms with van der Waals surface area (Å²) in [6.07, 6.45) is 0. The highest BCUT2D eigenvalue weighted by Crippen LogP contribution is 2.28. The van der Waals surface area contributed by atoms with Gasteiger partial charge in [0.05, 0.1) is 6.61 Å². The number of hydrogen-bond donors (Lipinski definition) is 1. The topological polar surface area (TPSA) is 30.5 Å². The number of halogens is 5. The third-order valence-electron chi connectivity index (χ3n) is 2.18. The van der Waals surface area contributed by atoms with Crippen molar-refractivity contribution in [3.8, 4) is 5.75 Å². The Hall–Kier alpha value is -1.41. The number of nitrogens with one attached hydrogen (secondary N) is 1. The van der Waals surface area contributed by atoms with Gasteiger partial charge < -0.3 is 14.8 Å². The van der Waals surface area contributed by atoms with E-state index in [1.807, 2.05) is 0 Å². The molecule has 0 spiro atoms. The minimum atomic E-state index is -2.21. The molecule has 108 valence electrons. The molecular weight excluding hydrogens is 273 g/mol. The van der Waals surface area contributed by atoms with E-state index in [9.17, 15) is 22.0 Å². The first-order chi connectivity index (χ1) is 9.00. The van der Waals surface area contributed by atoms with Crippen LogP contribution in [0.3, 0.4) is 0 Å². The van der Waals surface area contributed by atoms with Crippen LogP contribution in [0.5, 0.6) is 5.75 Å². The molecule has 1 aromatic carbocycles. The third-order valence-corrected chi connectivity index (χ3v) is 2.18. The molecule has 0 aliphatic heterocycles. The second kappa shape index (κ2) is 7.25. The van der Waals surface area contributed by atoms with E-state index in [1.165, 1.54) is 7.11 Å². The molecule has 0 atom stereocenters. The highest BCUT2D eigenvalue weighted by Gasteiger charge is 2.26. The van der Waals surface area contributed by atoms with Crippen LogP contribution in [0.15, 0.2) is 0 Å². The van der Waals surface area contributed by atoms with Crippen LogP contribution in [-0.4, -0.2) is 33.4 Å². The highest BCUT2D eigenvalue weighted by atomic mass is 19.2. The van der Waals surface area contributed by atoms with Gasteiger partial charge in [-0.25, -0.2) is 13.2 Å². The molecule has 0 heterocycles. The number of benzene rings is 1. The smallest absolute Gasteiger partial charge is 0.206 e. The van der Waals surface area contributed by atoms with E-state index in [2.05, 4.69) is 10.1 Å². The maximum atomic E-state index is 13.1. The SMILES string of the molecule is COCCNCCOc1c(F)c(F)c(F)c(F)c1F. The van der Waals surface area contributed by atoms with E-state index in [1.54, 1.807) is 0 Å². The molecule has 3 nitrogen and oxygen atoms in total. The molecule has 0 radical (unpaired) electrons. The standard InChI is InChI=1S/C11H12F5NO2/c1-18-4-2-17-3-5-19-11-9(15)7(13)6(12)8(14)10(11)16/h17H,2-5H2,1H3. The maximum Gasteiger partial charge on any atom is 0.206 e. The van der Waals surface area contributed by atoms with Crippen LogP contribution in [-0.2, 0) is 4.74 Å². The normalized spacial score (nSPS) is 10.8. The fourth-order valence-corrected chi connectivity index (χ4v) is 1.24. The fraction of sp³-hybridized carbons (Fsp3) is 0.455. The molecular formula is C11H12F5NO2. The molecule has 0 unspecified atom stereocenters. The zero-order chi connectivity index (χ0) is 14.4. The van der Waals surface area contributed by atoms with E-state index in [0.717, 1.165) is 0 Å². The minimum Gasteiger partial charge on any atom is -0.486 e.